The largest absolute Gasteiger partial charge is 0.322 e. The minimum absolute atomic E-state index is 0.0977. The minimum atomic E-state index is -0.0977. The molecule has 1 amide bonds. The number of anilines is 1. The molecule has 0 heterocycles. The first-order chi connectivity index (χ1) is 8.15. The predicted molar refractivity (Wildman–Crippen MR) is 81.3 cm³/mol. The maximum absolute atomic E-state index is 11.9. The van der Waals surface area contributed by atoms with Crippen molar-refractivity contribution >= 4 is 50.1 Å². The monoisotopic (exact) mass is 401 g/mol. The van der Waals surface area contributed by atoms with Crippen molar-refractivity contribution in [3.8, 4) is 0 Å². The molecule has 2 aromatic carbocycles. The average molecular weight is 402 g/mol. The van der Waals surface area contributed by atoms with E-state index in [2.05, 4.69) is 43.8 Å². The van der Waals surface area contributed by atoms with E-state index in [0.29, 0.717) is 5.56 Å². The Bertz CT molecular complexity index is 539. The summed E-state index contributed by atoms with van der Waals surface area (Å²) in [5.74, 6) is -0.0977. The fourth-order valence-electron chi connectivity index (χ4n) is 1.37. The highest BCUT2D eigenvalue weighted by molar-refractivity contribution is 14.1. The van der Waals surface area contributed by atoms with Gasteiger partial charge in [0, 0.05) is 19.3 Å². The van der Waals surface area contributed by atoms with Crippen LogP contribution in [0.1, 0.15) is 10.4 Å². The van der Waals surface area contributed by atoms with E-state index in [4.69, 9.17) is 0 Å². The van der Waals surface area contributed by atoms with Crippen molar-refractivity contribution in [2.24, 2.45) is 0 Å². The zero-order chi connectivity index (χ0) is 12.3. The van der Waals surface area contributed by atoms with Gasteiger partial charge in [0.2, 0.25) is 0 Å². The molecule has 1 N–H and O–H groups in total. The van der Waals surface area contributed by atoms with Crippen LogP contribution in [0.15, 0.2) is 53.0 Å². The molecule has 86 valence electrons. The number of carbonyl (C=O) groups excluding carboxylic acids is 1. The van der Waals surface area contributed by atoms with Crippen LogP contribution < -0.4 is 5.32 Å². The molecule has 0 saturated carbocycles. The molecule has 17 heavy (non-hydrogen) atoms. The zero-order valence-electron chi connectivity index (χ0n) is 8.78. The first-order valence-electron chi connectivity index (χ1n) is 4.97. The van der Waals surface area contributed by atoms with Gasteiger partial charge >= 0.3 is 0 Å². The topological polar surface area (TPSA) is 29.1 Å². The predicted octanol–water partition coefficient (Wildman–Crippen LogP) is 4.31. The maximum atomic E-state index is 11.9. The number of nitrogens with one attached hydrogen (secondary N) is 1. The van der Waals surface area contributed by atoms with Crippen LogP contribution in [0.3, 0.4) is 0 Å². The molecule has 0 fully saturated rings. The molecule has 0 aliphatic heterocycles. The summed E-state index contributed by atoms with van der Waals surface area (Å²) in [6, 6.07) is 15.0. The number of amides is 1. The first-order valence-corrected chi connectivity index (χ1v) is 6.85. The van der Waals surface area contributed by atoms with Crippen molar-refractivity contribution in [3.05, 3.63) is 62.1 Å². The third-order valence-corrected chi connectivity index (χ3v) is 3.39. The smallest absolute Gasteiger partial charge is 0.255 e. The van der Waals surface area contributed by atoms with Gasteiger partial charge in [0.1, 0.15) is 0 Å². The Morgan fingerprint density at radius 3 is 2.47 bits per heavy atom. The van der Waals surface area contributed by atoms with E-state index in [-0.39, 0.29) is 5.91 Å². The minimum Gasteiger partial charge on any atom is -0.322 e. The van der Waals surface area contributed by atoms with Crippen LogP contribution in [0.5, 0.6) is 0 Å². The lowest BCUT2D eigenvalue weighted by Gasteiger charge is -2.05. The van der Waals surface area contributed by atoms with Gasteiger partial charge in [-0.1, -0.05) is 22.0 Å². The van der Waals surface area contributed by atoms with Crippen LogP contribution in [0.4, 0.5) is 5.69 Å². The summed E-state index contributed by atoms with van der Waals surface area (Å²) in [7, 11) is 0. The summed E-state index contributed by atoms with van der Waals surface area (Å²) >= 11 is 5.55. The molecule has 0 saturated heterocycles. The molecular weight excluding hydrogens is 393 g/mol. The zero-order valence-corrected chi connectivity index (χ0v) is 12.5. The summed E-state index contributed by atoms with van der Waals surface area (Å²) < 4.78 is 2.06. The number of rotatable bonds is 2. The van der Waals surface area contributed by atoms with Gasteiger partial charge in [-0.05, 0) is 65.1 Å². The van der Waals surface area contributed by atoms with Crippen LogP contribution in [0.25, 0.3) is 0 Å². The average Bonchev–Trinajstić information content (AvgIpc) is 2.29. The van der Waals surface area contributed by atoms with Gasteiger partial charge in [0.25, 0.3) is 5.91 Å². The van der Waals surface area contributed by atoms with Crippen LogP contribution in [-0.4, -0.2) is 5.91 Å². The van der Waals surface area contributed by atoms with Gasteiger partial charge in [-0.25, -0.2) is 0 Å². The Labute approximate surface area is 122 Å². The Balaban J connectivity index is 2.14. The fourth-order valence-corrected chi connectivity index (χ4v) is 2.18. The van der Waals surface area contributed by atoms with Crippen molar-refractivity contribution in [1.82, 2.24) is 0 Å². The second-order valence-corrected chi connectivity index (χ2v) is 5.63. The third kappa shape index (κ3) is 3.54. The molecule has 2 aromatic rings. The van der Waals surface area contributed by atoms with Gasteiger partial charge in [-0.2, -0.15) is 0 Å². The van der Waals surface area contributed by atoms with E-state index in [9.17, 15) is 4.79 Å². The van der Waals surface area contributed by atoms with Gasteiger partial charge in [0.15, 0.2) is 0 Å². The maximum Gasteiger partial charge on any atom is 0.255 e. The van der Waals surface area contributed by atoms with Crippen LogP contribution in [0.2, 0.25) is 0 Å². The molecule has 0 radical (unpaired) electrons. The summed E-state index contributed by atoms with van der Waals surface area (Å²) in [6.07, 6.45) is 0. The standard InChI is InChI=1S/C13H9BrINO/c14-10-6-4-9(5-7-10)13(17)16-12-3-1-2-11(15)8-12/h1-8H,(H,16,17). The van der Waals surface area contributed by atoms with E-state index in [1.165, 1.54) is 0 Å². The molecule has 0 atom stereocenters. The lowest BCUT2D eigenvalue weighted by atomic mass is 10.2. The van der Waals surface area contributed by atoms with Crippen molar-refractivity contribution in [3.63, 3.8) is 0 Å². The first kappa shape index (κ1) is 12.6. The van der Waals surface area contributed by atoms with Crippen molar-refractivity contribution in [2.75, 3.05) is 5.32 Å². The lowest BCUT2D eigenvalue weighted by Crippen LogP contribution is -2.11. The molecule has 2 nitrogen and oxygen atoms in total. The molecule has 0 aliphatic carbocycles. The number of hydrogen-bond acceptors (Lipinski definition) is 1. The lowest BCUT2D eigenvalue weighted by molar-refractivity contribution is 0.102. The van der Waals surface area contributed by atoms with Crippen LogP contribution >= 0.6 is 38.5 Å². The summed E-state index contributed by atoms with van der Waals surface area (Å²) in [4.78, 5) is 11.9. The van der Waals surface area contributed by atoms with E-state index < -0.39 is 0 Å². The second-order valence-electron chi connectivity index (χ2n) is 3.47. The highest BCUT2D eigenvalue weighted by Crippen LogP contribution is 2.15. The summed E-state index contributed by atoms with van der Waals surface area (Å²) in [6.45, 7) is 0. The van der Waals surface area contributed by atoms with Crippen molar-refractivity contribution in [2.45, 2.75) is 0 Å². The third-order valence-electron chi connectivity index (χ3n) is 2.19. The van der Waals surface area contributed by atoms with Gasteiger partial charge in [-0.3, -0.25) is 4.79 Å². The van der Waals surface area contributed by atoms with E-state index in [1.54, 1.807) is 12.1 Å². The Morgan fingerprint density at radius 1 is 1.12 bits per heavy atom. The highest BCUT2D eigenvalue weighted by atomic mass is 127. The Morgan fingerprint density at radius 2 is 1.82 bits per heavy atom. The normalized spacial score (nSPS) is 10.0. The van der Waals surface area contributed by atoms with Crippen LogP contribution in [0, 0.1) is 3.57 Å². The van der Waals surface area contributed by atoms with E-state index >= 15 is 0 Å². The van der Waals surface area contributed by atoms with Crippen molar-refractivity contribution < 1.29 is 4.79 Å². The SMILES string of the molecule is O=C(Nc1cccc(I)c1)c1ccc(Br)cc1. The Kier molecular flexibility index (Phi) is 4.17. The number of carbonyl (C=O) groups is 1. The molecule has 0 aromatic heterocycles. The highest BCUT2D eigenvalue weighted by Gasteiger charge is 2.05. The van der Waals surface area contributed by atoms with Gasteiger partial charge in [0.05, 0.1) is 0 Å². The number of hydrogen-bond donors (Lipinski definition) is 1. The molecule has 4 heteroatoms. The molecule has 2 rings (SSSR count). The summed E-state index contributed by atoms with van der Waals surface area (Å²) in [5, 5.41) is 2.86. The second kappa shape index (κ2) is 5.64. The number of benzene rings is 2. The molecule has 0 bridgehead atoms. The van der Waals surface area contributed by atoms with Crippen molar-refractivity contribution in [1.29, 1.82) is 0 Å². The van der Waals surface area contributed by atoms with E-state index in [1.807, 2.05) is 36.4 Å². The Hall–Kier alpha value is -0.880. The van der Waals surface area contributed by atoms with Gasteiger partial charge < -0.3 is 5.32 Å². The van der Waals surface area contributed by atoms with Gasteiger partial charge in [-0.15, -0.1) is 0 Å². The summed E-state index contributed by atoms with van der Waals surface area (Å²) in [5.41, 5.74) is 1.46. The fraction of sp³-hybridized carbons (Fsp3) is 0. The number of halogens is 2. The molecule has 0 unspecified atom stereocenters. The molecule has 0 aliphatic rings. The quantitative estimate of drug-likeness (QED) is 0.746. The molecular formula is C13H9BrINO. The molecule has 0 spiro atoms. The van der Waals surface area contributed by atoms with E-state index in [0.717, 1.165) is 13.7 Å². The van der Waals surface area contributed by atoms with Crippen LogP contribution in [-0.2, 0) is 0 Å².